The van der Waals surface area contributed by atoms with Gasteiger partial charge in [-0.1, -0.05) is 29.8 Å². The lowest BCUT2D eigenvalue weighted by molar-refractivity contribution is -0.119. The fourth-order valence-corrected chi connectivity index (χ4v) is 3.29. The molecule has 26 heavy (non-hydrogen) atoms. The molecule has 1 atom stereocenters. The summed E-state index contributed by atoms with van der Waals surface area (Å²) in [5, 5.41) is 3.64. The van der Waals surface area contributed by atoms with Crippen molar-refractivity contribution >= 4 is 17.5 Å². The third kappa shape index (κ3) is 4.92. The predicted octanol–water partition coefficient (Wildman–Crippen LogP) is 4.35. The van der Waals surface area contributed by atoms with Gasteiger partial charge in [0.25, 0.3) is 0 Å². The third-order valence-corrected chi connectivity index (χ3v) is 4.92. The zero-order valence-electron chi connectivity index (χ0n) is 15.0. The standard InChI is InChI=1S/C21H24ClNO3/c1-25-19-10-7-16(17-13-21(24)23-14-17)12-20(19)26-11-3-2-4-15-5-8-18(22)9-6-15/h5-10,12,17H,2-4,11,13-14H2,1H3,(H,23,24). The van der Waals surface area contributed by atoms with Crippen LogP contribution in [0.5, 0.6) is 11.5 Å². The van der Waals surface area contributed by atoms with Crippen LogP contribution in [0.3, 0.4) is 0 Å². The Balaban J connectivity index is 1.51. The van der Waals surface area contributed by atoms with Crippen molar-refractivity contribution in [3.8, 4) is 11.5 Å². The summed E-state index contributed by atoms with van der Waals surface area (Å²) in [6, 6.07) is 13.9. The minimum Gasteiger partial charge on any atom is -0.493 e. The predicted molar refractivity (Wildman–Crippen MR) is 103 cm³/mol. The molecule has 0 aliphatic carbocycles. The van der Waals surface area contributed by atoms with Crippen molar-refractivity contribution in [1.82, 2.24) is 5.32 Å². The first kappa shape index (κ1) is 18.6. The highest BCUT2D eigenvalue weighted by molar-refractivity contribution is 6.30. The third-order valence-electron chi connectivity index (χ3n) is 4.67. The van der Waals surface area contributed by atoms with Crippen LogP contribution in [0.2, 0.25) is 5.02 Å². The zero-order valence-corrected chi connectivity index (χ0v) is 15.7. The summed E-state index contributed by atoms with van der Waals surface area (Å²) in [4.78, 5) is 11.4. The normalized spacial score (nSPS) is 16.4. The molecule has 1 N–H and O–H groups in total. The highest BCUT2D eigenvalue weighted by Gasteiger charge is 2.23. The Morgan fingerprint density at radius 2 is 1.92 bits per heavy atom. The molecule has 0 radical (unpaired) electrons. The summed E-state index contributed by atoms with van der Waals surface area (Å²) in [6.07, 6.45) is 3.55. The molecule has 5 heteroatoms. The number of nitrogens with one attached hydrogen (secondary N) is 1. The Morgan fingerprint density at radius 3 is 2.62 bits per heavy atom. The monoisotopic (exact) mass is 373 g/mol. The van der Waals surface area contributed by atoms with Gasteiger partial charge < -0.3 is 14.8 Å². The quantitative estimate of drug-likeness (QED) is 0.699. The minimum absolute atomic E-state index is 0.107. The van der Waals surface area contributed by atoms with Crippen LogP contribution in [-0.2, 0) is 11.2 Å². The molecule has 0 aromatic heterocycles. The Hall–Kier alpha value is -2.20. The average molecular weight is 374 g/mol. The van der Waals surface area contributed by atoms with E-state index in [-0.39, 0.29) is 11.8 Å². The van der Waals surface area contributed by atoms with Gasteiger partial charge in [0.1, 0.15) is 0 Å². The Morgan fingerprint density at radius 1 is 1.12 bits per heavy atom. The van der Waals surface area contributed by atoms with Gasteiger partial charge in [0, 0.05) is 23.9 Å². The van der Waals surface area contributed by atoms with Crippen molar-refractivity contribution < 1.29 is 14.3 Å². The molecule has 138 valence electrons. The first-order valence-electron chi connectivity index (χ1n) is 8.97. The molecule has 1 fully saturated rings. The molecule has 1 amide bonds. The molecular formula is C21H24ClNO3. The molecule has 3 rings (SSSR count). The number of ether oxygens (including phenoxy) is 2. The largest absolute Gasteiger partial charge is 0.493 e. The lowest BCUT2D eigenvalue weighted by Gasteiger charge is -2.14. The number of hydrogen-bond donors (Lipinski definition) is 1. The van der Waals surface area contributed by atoms with Gasteiger partial charge in [-0.2, -0.15) is 0 Å². The fourth-order valence-electron chi connectivity index (χ4n) is 3.17. The number of amides is 1. The van der Waals surface area contributed by atoms with E-state index in [1.54, 1.807) is 7.11 Å². The van der Waals surface area contributed by atoms with E-state index in [0.29, 0.717) is 19.6 Å². The van der Waals surface area contributed by atoms with E-state index in [1.807, 2.05) is 30.3 Å². The maximum atomic E-state index is 11.4. The average Bonchev–Trinajstić information content (AvgIpc) is 3.09. The lowest BCUT2D eigenvalue weighted by atomic mass is 9.98. The number of unbranched alkanes of at least 4 members (excludes halogenated alkanes) is 1. The molecule has 1 saturated heterocycles. The molecule has 1 heterocycles. The van der Waals surface area contributed by atoms with E-state index in [9.17, 15) is 4.79 Å². The SMILES string of the molecule is COc1ccc(C2CNC(=O)C2)cc1OCCCCc1ccc(Cl)cc1. The van der Waals surface area contributed by atoms with Crippen LogP contribution < -0.4 is 14.8 Å². The Kier molecular flexibility index (Phi) is 6.40. The number of hydrogen-bond acceptors (Lipinski definition) is 3. The molecule has 0 saturated carbocycles. The summed E-state index contributed by atoms with van der Waals surface area (Å²) in [7, 11) is 1.64. The number of aryl methyl sites for hydroxylation is 1. The second kappa shape index (κ2) is 8.95. The zero-order chi connectivity index (χ0) is 18.4. The molecular weight excluding hydrogens is 350 g/mol. The van der Waals surface area contributed by atoms with Gasteiger partial charge in [-0.25, -0.2) is 0 Å². The van der Waals surface area contributed by atoms with Crippen LogP contribution in [0.15, 0.2) is 42.5 Å². The minimum atomic E-state index is 0.107. The summed E-state index contributed by atoms with van der Waals surface area (Å²) >= 11 is 5.91. The first-order chi connectivity index (χ1) is 12.7. The second-order valence-corrected chi connectivity index (χ2v) is 6.98. The molecule has 0 spiro atoms. The Bertz CT molecular complexity index is 745. The highest BCUT2D eigenvalue weighted by atomic mass is 35.5. The van der Waals surface area contributed by atoms with Crippen LogP contribution >= 0.6 is 11.6 Å². The molecule has 2 aromatic carbocycles. The number of methoxy groups -OCH3 is 1. The van der Waals surface area contributed by atoms with Gasteiger partial charge in [-0.15, -0.1) is 0 Å². The van der Waals surface area contributed by atoms with Gasteiger partial charge in [0.05, 0.1) is 13.7 Å². The number of carbonyl (C=O) groups is 1. The van der Waals surface area contributed by atoms with E-state index < -0.39 is 0 Å². The summed E-state index contributed by atoms with van der Waals surface area (Å²) in [5.74, 6) is 1.79. The molecule has 2 aromatic rings. The van der Waals surface area contributed by atoms with E-state index in [4.69, 9.17) is 21.1 Å². The number of rotatable bonds is 8. The van der Waals surface area contributed by atoms with Crippen molar-refractivity contribution in [2.45, 2.75) is 31.6 Å². The molecule has 0 bridgehead atoms. The van der Waals surface area contributed by atoms with Gasteiger partial charge >= 0.3 is 0 Å². The molecule has 1 unspecified atom stereocenters. The van der Waals surface area contributed by atoms with E-state index in [2.05, 4.69) is 17.4 Å². The summed E-state index contributed by atoms with van der Waals surface area (Å²) in [5.41, 5.74) is 2.40. The van der Waals surface area contributed by atoms with E-state index in [1.165, 1.54) is 5.56 Å². The van der Waals surface area contributed by atoms with E-state index >= 15 is 0 Å². The van der Waals surface area contributed by atoms with Crippen LogP contribution in [0.25, 0.3) is 0 Å². The van der Waals surface area contributed by atoms with Gasteiger partial charge in [-0.3, -0.25) is 4.79 Å². The van der Waals surface area contributed by atoms with Crippen molar-refractivity contribution in [3.63, 3.8) is 0 Å². The van der Waals surface area contributed by atoms with Crippen LogP contribution in [0.4, 0.5) is 0 Å². The van der Waals surface area contributed by atoms with Crippen molar-refractivity contribution in [2.75, 3.05) is 20.3 Å². The number of carbonyl (C=O) groups excluding carboxylic acids is 1. The molecule has 1 aliphatic rings. The maximum absolute atomic E-state index is 11.4. The lowest BCUT2D eigenvalue weighted by Crippen LogP contribution is -2.13. The maximum Gasteiger partial charge on any atom is 0.220 e. The highest BCUT2D eigenvalue weighted by Crippen LogP contribution is 2.33. The summed E-state index contributed by atoms with van der Waals surface area (Å²) < 4.78 is 11.4. The van der Waals surface area contributed by atoms with Crippen LogP contribution in [0.1, 0.15) is 36.3 Å². The van der Waals surface area contributed by atoms with Crippen LogP contribution in [0, 0.1) is 0 Å². The number of benzene rings is 2. The molecule has 4 nitrogen and oxygen atoms in total. The van der Waals surface area contributed by atoms with Gasteiger partial charge in [-0.05, 0) is 54.7 Å². The van der Waals surface area contributed by atoms with Gasteiger partial charge in [0.2, 0.25) is 5.91 Å². The Labute approximate surface area is 159 Å². The van der Waals surface area contributed by atoms with Crippen molar-refractivity contribution in [3.05, 3.63) is 58.6 Å². The van der Waals surface area contributed by atoms with Gasteiger partial charge in [0.15, 0.2) is 11.5 Å². The summed E-state index contributed by atoms with van der Waals surface area (Å²) in [6.45, 7) is 1.32. The smallest absolute Gasteiger partial charge is 0.220 e. The number of halogens is 1. The topological polar surface area (TPSA) is 47.6 Å². The van der Waals surface area contributed by atoms with E-state index in [0.717, 1.165) is 41.3 Å². The fraction of sp³-hybridized carbons (Fsp3) is 0.381. The first-order valence-corrected chi connectivity index (χ1v) is 9.35. The van der Waals surface area contributed by atoms with Crippen LogP contribution in [-0.4, -0.2) is 26.2 Å². The second-order valence-electron chi connectivity index (χ2n) is 6.55. The van der Waals surface area contributed by atoms with Crippen molar-refractivity contribution in [1.29, 1.82) is 0 Å². The molecule has 1 aliphatic heterocycles. The van der Waals surface area contributed by atoms with Crippen molar-refractivity contribution in [2.24, 2.45) is 0 Å².